The molecule has 0 amide bonds. The Morgan fingerprint density at radius 1 is 1.03 bits per heavy atom. The van der Waals surface area contributed by atoms with Gasteiger partial charge in [-0.2, -0.15) is 10.6 Å². The third-order valence-electron chi connectivity index (χ3n) is 6.67. The number of nitrogens with one attached hydrogen (secondary N) is 2. The number of fused-ring (bicyclic) bond motifs is 1. The molecule has 1 aromatic heterocycles. The van der Waals surface area contributed by atoms with Crippen LogP contribution in [0.25, 0.3) is 22.2 Å². The van der Waals surface area contributed by atoms with E-state index >= 15 is 0 Å². The van der Waals surface area contributed by atoms with Crippen LogP contribution in [0.1, 0.15) is 18.4 Å². The summed E-state index contributed by atoms with van der Waals surface area (Å²) in [5.41, 5.74) is 5.85. The lowest BCUT2D eigenvalue weighted by atomic mass is 10.00. The van der Waals surface area contributed by atoms with Crippen molar-refractivity contribution in [1.82, 2.24) is 9.88 Å². The van der Waals surface area contributed by atoms with E-state index in [0.717, 1.165) is 69.1 Å². The Morgan fingerprint density at radius 2 is 1.78 bits per heavy atom. The summed E-state index contributed by atoms with van der Waals surface area (Å²) in [4.78, 5) is 5.97. The minimum Gasteiger partial charge on any atom is -0.383 e. The molecule has 0 saturated carbocycles. The first-order valence-electron chi connectivity index (χ1n) is 11.5. The van der Waals surface area contributed by atoms with Crippen molar-refractivity contribution in [3.8, 4) is 11.3 Å². The molecular weight excluding hydrogens is 422 g/mol. The lowest BCUT2D eigenvalue weighted by Gasteiger charge is -2.41. The Labute approximate surface area is 191 Å². The third kappa shape index (κ3) is 5.13. The molecule has 0 aliphatic carbocycles. The molecule has 5 rings (SSSR count). The summed E-state index contributed by atoms with van der Waals surface area (Å²) in [5.74, 6) is 1.59. The van der Waals surface area contributed by atoms with Crippen molar-refractivity contribution >= 4 is 27.2 Å². The van der Waals surface area contributed by atoms with Crippen LogP contribution in [0.4, 0.5) is 5.69 Å². The number of hydrogen-bond donors (Lipinski definition) is 4. The molecule has 2 aliphatic rings. The van der Waals surface area contributed by atoms with E-state index < -0.39 is 10.6 Å². The van der Waals surface area contributed by atoms with Crippen LogP contribution in [0.5, 0.6) is 0 Å². The highest BCUT2D eigenvalue weighted by Gasteiger charge is 2.22. The van der Waals surface area contributed by atoms with Gasteiger partial charge in [-0.3, -0.25) is 14.0 Å². The second-order valence-corrected chi connectivity index (χ2v) is 11.5. The number of rotatable bonds is 6. The smallest absolute Gasteiger partial charge is 0.0694 e. The molecule has 32 heavy (non-hydrogen) atoms. The predicted molar refractivity (Wildman–Crippen MR) is 134 cm³/mol. The van der Waals surface area contributed by atoms with Crippen molar-refractivity contribution in [1.29, 1.82) is 0 Å². The summed E-state index contributed by atoms with van der Waals surface area (Å²) >= 11 is 0. The molecule has 2 aliphatic heterocycles. The molecule has 2 fully saturated rings. The maximum absolute atomic E-state index is 9.94. The van der Waals surface area contributed by atoms with E-state index in [1.807, 2.05) is 6.07 Å². The summed E-state index contributed by atoms with van der Waals surface area (Å²) in [6, 6.07) is 17.2. The minimum absolute atomic E-state index is 0.479. The van der Waals surface area contributed by atoms with Gasteiger partial charge in [-0.05, 0) is 48.1 Å². The Balaban J connectivity index is 1.41. The molecule has 6 nitrogen and oxygen atoms in total. The van der Waals surface area contributed by atoms with E-state index in [4.69, 9.17) is 4.74 Å². The molecular formula is C25H33N3O3S. The van der Waals surface area contributed by atoms with Crippen LogP contribution in [0.2, 0.25) is 0 Å². The standard InChI is InChI=1S/C25H33N3O3S/c29-32(30)12-8-28(9-13-32)18-20-14-22-16-23(21-4-2-1-3-5-21)27-25(22)24(15-20)26-17-19-6-10-31-11-7-19/h1-5,14-16,19,26-27,29-30H,6-13,17-18H2. The number of nitrogens with zero attached hydrogens (tertiary/aromatic N) is 1. The number of H-pyrrole nitrogens is 1. The number of aromatic nitrogens is 1. The summed E-state index contributed by atoms with van der Waals surface area (Å²) < 4.78 is 25.4. The first-order chi connectivity index (χ1) is 15.6. The minimum atomic E-state index is -2.37. The van der Waals surface area contributed by atoms with E-state index in [-0.39, 0.29) is 0 Å². The number of aromatic amines is 1. The van der Waals surface area contributed by atoms with Gasteiger partial charge in [0.2, 0.25) is 0 Å². The maximum atomic E-state index is 9.94. The number of ether oxygens (including phenoxy) is 1. The Kier molecular flexibility index (Phi) is 6.44. The molecule has 0 unspecified atom stereocenters. The molecule has 4 N–H and O–H groups in total. The van der Waals surface area contributed by atoms with Crippen LogP contribution in [-0.2, 0) is 11.3 Å². The fraction of sp³-hybridized carbons (Fsp3) is 0.440. The molecule has 2 saturated heterocycles. The van der Waals surface area contributed by atoms with Gasteiger partial charge < -0.3 is 15.0 Å². The van der Waals surface area contributed by atoms with Crippen molar-refractivity contribution in [2.75, 3.05) is 49.7 Å². The van der Waals surface area contributed by atoms with Crippen molar-refractivity contribution < 1.29 is 13.8 Å². The van der Waals surface area contributed by atoms with E-state index in [1.165, 1.54) is 16.5 Å². The number of hydrogen-bond acceptors (Lipinski definition) is 5. The molecule has 2 aromatic carbocycles. The zero-order valence-corrected chi connectivity index (χ0v) is 19.2. The van der Waals surface area contributed by atoms with Gasteiger partial charge in [0.25, 0.3) is 0 Å². The molecule has 0 spiro atoms. The van der Waals surface area contributed by atoms with Gasteiger partial charge in [0.1, 0.15) is 0 Å². The quantitative estimate of drug-likeness (QED) is 0.409. The van der Waals surface area contributed by atoms with Crippen LogP contribution >= 0.6 is 10.6 Å². The molecule has 3 aromatic rings. The van der Waals surface area contributed by atoms with Crippen molar-refractivity contribution in [3.63, 3.8) is 0 Å². The average Bonchev–Trinajstić information content (AvgIpc) is 3.25. The molecule has 3 heterocycles. The highest BCUT2D eigenvalue weighted by molar-refractivity contribution is 8.24. The van der Waals surface area contributed by atoms with E-state index in [1.54, 1.807) is 0 Å². The Hall–Kier alpha value is -2.03. The van der Waals surface area contributed by atoms with Crippen LogP contribution in [0, 0.1) is 5.92 Å². The number of benzene rings is 2. The SMILES string of the molecule is OS1(O)CCN(Cc2cc(NCC3CCOCC3)c3[nH]c(-c4ccccc4)cc3c2)CC1. The maximum Gasteiger partial charge on any atom is 0.0694 e. The third-order valence-corrected chi connectivity index (χ3v) is 8.34. The zero-order chi connectivity index (χ0) is 22.0. The van der Waals surface area contributed by atoms with Gasteiger partial charge >= 0.3 is 0 Å². The van der Waals surface area contributed by atoms with Crippen molar-refractivity contribution in [2.24, 2.45) is 5.92 Å². The first-order valence-corrected chi connectivity index (χ1v) is 13.4. The summed E-state index contributed by atoms with van der Waals surface area (Å²) in [7, 11) is -2.37. The second-order valence-electron chi connectivity index (χ2n) is 9.08. The van der Waals surface area contributed by atoms with Crippen LogP contribution in [0.3, 0.4) is 0 Å². The van der Waals surface area contributed by atoms with E-state index in [9.17, 15) is 9.11 Å². The van der Waals surface area contributed by atoms with Gasteiger partial charge in [0.15, 0.2) is 0 Å². The van der Waals surface area contributed by atoms with Crippen molar-refractivity contribution in [3.05, 3.63) is 54.1 Å². The highest BCUT2D eigenvalue weighted by Crippen LogP contribution is 2.40. The van der Waals surface area contributed by atoms with Gasteiger partial charge in [-0.25, -0.2) is 0 Å². The molecule has 172 valence electrons. The summed E-state index contributed by atoms with van der Waals surface area (Å²) in [6.45, 7) is 4.95. The fourth-order valence-electron chi connectivity index (χ4n) is 4.70. The highest BCUT2D eigenvalue weighted by atomic mass is 32.3. The monoisotopic (exact) mass is 455 g/mol. The van der Waals surface area contributed by atoms with Gasteiger partial charge in [-0.15, -0.1) is 0 Å². The van der Waals surface area contributed by atoms with Gasteiger partial charge in [0.05, 0.1) is 22.7 Å². The lowest BCUT2D eigenvalue weighted by Crippen LogP contribution is -2.37. The Morgan fingerprint density at radius 3 is 2.53 bits per heavy atom. The molecule has 0 radical (unpaired) electrons. The van der Waals surface area contributed by atoms with E-state index in [0.29, 0.717) is 17.4 Å². The van der Waals surface area contributed by atoms with Gasteiger partial charge in [0, 0.05) is 50.5 Å². The van der Waals surface area contributed by atoms with Crippen molar-refractivity contribution in [2.45, 2.75) is 19.4 Å². The summed E-state index contributed by atoms with van der Waals surface area (Å²) in [6.07, 6.45) is 2.21. The summed E-state index contributed by atoms with van der Waals surface area (Å²) in [5, 5.41) is 4.94. The van der Waals surface area contributed by atoms with E-state index in [2.05, 4.69) is 57.7 Å². The second kappa shape index (κ2) is 9.45. The topological polar surface area (TPSA) is 80.8 Å². The molecule has 7 heteroatoms. The van der Waals surface area contributed by atoms with Crippen LogP contribution in [0.15, 0.2) is 48.5 Å². The predicted octanol–water partition coefficient (Wildman–Crippen LogP) is 5.24. The normalized spacial score (nSPS) is 20.9. The largest absolute Gasteiger partial charge is 0.383 e. The molecule has 0 bridgehead atoms. The average molecular weight is 456 g/mol. The lowest BCUT2D eigenvalue weighted by molar-refractivity contribution is 0.0699. The van der Waals surface area contributed by atoms with Crippen LogP contribution in [-0.4, -0.2) is 63.3 Å². The first kappa shape index (κ1) is 21.8. The number of anilines is 1. The fourth-order valence-corrected chi connectivity index (χ4v) is 6.00. The molecule has 0 atom stereocenters. The van der Waals surface area contributed by atoms with Crippen LogP contribution < -0.4 is 5.32 Å². The Bertz CT molecular complexity index is 1040. The van der Waals surface area contributed by atoms with Gasteiger partial charge in [-0.1, -0.05) is 30.3 Å². The zero-order valence-electron chi connectivity index (χ0n) is 18.4.